The minimum atomic E-state index is 0.143. The highest BCUT2D eigenvalue weighted by molar-refractivity contribution is 6.01. The first-order valence-electron chi connectivity index (χ1n) is 4.56. The summed E-state index contributed by atoms with van der Waals surface area (Å²) in [6.45, 7) is 0.405. The number of benzene rings is 1. The molecule has 1 amide bonds. The van der Waals surface area contributed by atoms with Crippen LogP contribution in [0.3, 0.4) is 0 Å². The molecule has 3 N–H and O–H groups in total. The van der Waals surface area contributed by atoms with Crippen LogP contribution in [0.2, 0.25) is 0 Å². The number of hydrogen-bond acceptors (Lipinski definition) is 3. The number of fused-ring (bicyclic) bond motifs is 1. The molecule has 74 valence electrons. The van der Waals surface area contributed by atoms with Crippen molar-refractivity contribution in [2.75, 3.05) is 23.9 Å². The molecule has 0 saturated heterocycles. The quantitative estimate of drug-likeness (QED) is 0.670. The largest absolute Gasteiger partial charge is 0.373 e. The molecule has 1 aromatic carbocycles. The van der Waals surface area contributed by atoms with Gasteiger partial charge in [0, 0.05) is 18.4 Å². The maximum atomic E-state index is 11.4. The van der Waals surface area contributed by atoms with Crippen molar-refractivity contribution in [2.24, 2.45) is 5.73 Å². The van der Waals surface area contributed by atoms with Gasteiger partial charge in [0.05, 0.1) is 13.1 Å². The van der Waals surface area contributed by atoms with Gasteiger partial charge in [0.25, 0.3) is 0 Å². The molecule has 4 heteroatoms. The van der Waals surface area contributed by atoms with Crippen LogP contribution >= 0.6 is 0 Å². The van der Waals surface area contributed by atoms with Crippen LogP contribution in [0.4, 0.5) is 11.4 Å². The third-order valence-electron chi connectivity index (χ3n) is 2.46. The first-order chi connectivity index (χ1) is 6.72. The van der Waals surface area contributed by atoms with Crippen molar-refractivity contribution < 1.29 is 4.79 Å². The zero-order valence-corrected chi connectivity index (χ0v) is 8.08. The number of nitrogens with one attached hydrogen (secondary N) is 1. The molecular weight excluding hydrogens is 178 g/mol. The van der Waals surface area contributed by atoms with Gasteiger partial charge in [-0.15, -0.1) is 0 Å². The van der Waals surface area contributed by atoms with Crippen LogP contribution in [0.25, 0.3) is 0 Å². The van der Waals surface area contributed by atoms with E-state index in [-0.39, 0.29) is 5.91 Å². The Morgan fingerprint density at radius 3 is 3.07 bits per heavy atom. The van der Waals surface area contributed by atoms with Crippen molar-refractivity contribution in [1.82, 2.24) is 0 Å². The van der Waals surface area contributed by atoms with Gasteiger partial charge in [-0.3, -0.25) is 4.79 Å². The van der Waals surface area contributed by atoms with E-state index in [1.165, 1.54) is 0 Å². The van der Waals surface area contributed by atoms with E-state index in [9.17, 15) is 4.79 Å². The summed E-state index contributed by atoms with van der Waals surface area (Å²) in [5, 5.41) is 3.01. The maximum absolute atomic E-state index is 11.4. The molecule has 1 aliphatic rings. The second-order valence-electron chi connectivity index (χ2n) is 3.35. The van der Waals surface area contributed by atoms with E-state index in [2.05, 4.69) is 5.32 Å². The molecule has 0 bridgehead atoms. The zero-order chi connectivity index (χ0) is 10.1. The van der Waals surface area contributed by atoms with E-state index in [0.717, 1.165) is 16.9 Å². The molecule has 0 aliphatic carbocycles. The average Bonchev–Trinajstić information content (AvgIpc) is 2.43. The lowest BCUT2D eigenvalue weighted by Gasteiger charge is -2.10. The lowest BCUT2D eigenvalue weighted by Crippen LogP contribution is -2.20. The first kappa shape index (κ1) is 9.02. The summed E-state index contributed by atoms with van der Waals surface area (Å²) in [6, 6.07) is 5.85. The normalized spacial score (nSPS) is 14.4. The molecule has 4 nitrogen and oxygen atoms in total. The molecule has 0 fully saturated rings. The average molecular weight is 191 g/mol. The Balaban J connectivity index is 2.34. The fourth-order valence-corrected chi connectivity index (χ4v) is 1.70. The predicted octanol–water partition coefficient (Wildman–Crippen LogP) is 0.534. The highest BCUT2D eigenvalue weighted by Crippen LogP contribution is 2.29. The van der Waals surface area contributed by atoms with Crippen molar-refractivity contribution in [1.29, 1.82) is 0 Å². The van der Waals surface area contributed by atoms with Crippen LogP contribution in [-0.4, -0.2) is 19.6 Å². The number of nitrogens with zero attached hydrogens (tertiary/aromatic N) is 1. The second kappa shape index (κ2) is 3.31. The number of anilines is 2. The Hall–Kier alpha value is -1.55. The summed E-state index contributed by atoms with van der Waals surface area (Å²) in [5.41, 5.74) is 8.40. The molecule has 0 atom stereocenters. The van der Waals surface area contributed by atoms with E-state index in [0.29, 0.717) is 13.1 Å². The standard InChI is InChI=1S/C10H13N3O/c1-13-9-3-2-8(12-6-11)4-7(9)5-10(13)14/h2-4,12H,5-6,11H2,1H3. The van der Waals surface area contributed by atoms with Crippen molar-refractivity contribution in [3.63, 3.8) is 0 Å². The fourth-order valence-electron chi connectivity index (χ4n) is 1.70. The fraction of sp³-hybridized carbons (Fsp3) is 0.300. The van der Waals surface area contributed by atoms with Gasteiger partial charge in [-0.05, 0) is 23.8 Å². The molecule has 1 aromatic rings. The summed E-state index contributed by atoms with van der Waals surface area (Å²) < 4.78 is 0. The van der Waals surface area contributed by atoms with Crippen molar-refractivity contribution in [3.05, 3.63) is 23.8 Å². The molecule has 0 aromatic heterocycles. The third kappa shape index (κ3) is 1.33. The van der Waals surface area contributed by atoms with Crippen LogP contribution in [0.1, 0.15) is 5.56 Å². The van der Waals surface area contributed by atoms with E-state index >= 15 is 0 Å². The van der Waals surface area contributed by atoms with Crippen molar-refractivity contribution in [3.8, 4) is 0 Å². The second-order valence-corrected chi connectivity index (χ2v) is 3.35. The SMILES string of the molecule is CN1C(=O)Cc2cc(NCN)ccc21. The third-order valence-corrected chi connectivity index (χ3v) is 2.46. The van der Waals surface area contributed by atoms with Gasteiger partial charge in [-0.2, -0.15) is 0 Å². The Morgan fingerprint density at radius 1 is 1.57 bits per heavy atom. The van der Waals surface area contributed by atoms with Crippen LogP contribution in [0.5, 0.6) is 0 Å². The number of rotatable bonds is 2. The molecule has 0 spiro atoms. The summed E-state index contributed by atoms with van der Waals surface area (Å²) >= 11 is 0. The summed E-state index contributed by atoms with van der Waals surface area (Å²) in [6.07, 6.45) is 0.492. The van der Waals surface area contributed by atoms with E-state index in [1.54, 1.807) is 11.9 Å². The molecule has 1 aliphatic heterocycles. The Bertz CT molecular complexity index is 376. The van der Waals surface area contributed by atoms with Crippen LogP contribution in [0.15, 0.2) is 18.2 Å². The number of amides is 1. The number of nitrogens with two attached hydrogens (primary N) is 1. The summed E-state index contributed by atoms with van der Waals surface area (Å²) in [7, 11) is 1.80. The number of carbonyl (C=O) groups is 1. The number of hydrogen-bond donors (Lipinski definition) is 2. The van der Waals surface area contributed by atoms with Crippen molar-refractivity contribution in [2.45, 2.75) is 6.42 Å². The van der Waals surface area contributed by atoms with Crippen LogP contribution in [0, 0.1) is 0 Å². The van der Waals surface area contributed by atoms with Crippen LogP contribution in [-0.2, 0) is 11.2 Å². The minimum absolute atomic E-state index is 0.143. The molecule has 14 heavy (non-hydrogen) atoms. The van der Waals surface area contributed by atoms with Gasteiger partial charge < -0.3 is 16.0 Å². The van der Waals surface area contributed by atoms with Gasteiger partial charge in [-0.1, -0.05) is 0 Å². The van der Waals surface area contributed by atoms with Crippen LogP contribution < -0.4 is 16.0 Å². The molecule has 0 saturated carbocycles. The molecule has 2 rings (SSSR count). The summed E-state index contributed by atoms with van der Waals surface area (Å²) in [4.78, 5) is 13.1. The van der Waals surface area contributed by atoms with Gasteiger partial charge in [0.15, 0.2) is 0 Å². The molecule has 0 radical (unpaired) electrons. The molecule has 0 unspecified atom stereocenters. The highest BCUT2D eigenvalue weighted by atomic mass is 16.2. The Morgan fingerprint density at radius 2 is 2.36 bits per heavy atom. The van der Waals surface area contributed by atoms with Gasteiger partial charge >= 0.3 is 0 Å². The Labute approximate surface area is 82.7 Å². The van der Waals surface area contributed by atoms with Crippen molar-refractivity contribution >= 4 is 17.3 Å². The van der Waals surface area contributed by atoms with E-state index < -0.39 is 0 Å². The lowest BCUT2D eigenvalue weighted by molar-refractivity contribution is -0.117. The zero-order valence-electron chi connectivity index (χ0n) is 8.08. The number of carbonyl (C=O) groups excluding carboxylic acids is 1. The molecular formula is C10H13N3O. The Kier molecular flexibility index (Phi) is 2.13. The summed E-state index contributed by atoms with van der Waals surface area (Å²) in [5.74, 6) is 0.143. The lowest BCUT2D eigenvalue weighted by atomic mass is 10.1. The molecule has 1 heterocycles. The van der Waals surface area contributed by atoms with Gasteiger partial charge in [0.2, 0.25) is 5.91 Å². The topological polar surface area (TPSA) is 58.4 Å². The first-order valence-corrected chi connectivity index (χ1v) is 4.56. The minimum Gasteiger partial charge on any atom is -0.373 e. The van der Waals surface area contributed by atoms with Gasteiger partial charge in [0.1, 0.15) is 0 Å². The highest BCUT2D eigenvalue weighted by Gasteiger charge is 2.23. The van der Waals surface area contributed by atoms with E-state index in [4.69, 9.17) is 5.73 Å². The van der Waals surface area contributed by atoms with Gasteiger partial charge in [-0.25, -0.2) is 0 Å². The maximum Gasteiger partial charge on any atom is 0.231 e. The smallest absolute Gasteiger partial charge is 0.231 e. The number of likely N-dealkylation sites (N-methyl/N-ethyl adjacent to an activating group) is 1. The van der Waals surface area contributed by atoms with E-state index in [1.807, 2.05) is 18.2 Å². The predicted molar refractivity (Wildman–Crippen MR) is 56.2 cm³/mol. The monoisotopic (exact) mass is 191 g/mol.